The number of aromatic amines is 1. The Morgan fingerprint density at radius 2 is 1.34 bits per heavy atom. The predicted octanol–water partition coefficient (Wildman–Crippen LogP) is 16.9. The number of aryl methyl sites for hydroxylation is 2. The third kappa shape index (κ3) is 13.0. The molecule has 0 unspecified atom stereocenters. The second-order valence-electron chi connectivity index (χ2n) is 25.3. The molecular weight excluding hydrogens is 1110 g/mol. The molecule has 3 N–H and O–H groups in total. The van der Waals surface area contributed by atoms with E-state index in [0.717, 1.165) is 84.5 Å². The molecule has 0 radical (unpaired) electrons. The van der Waals surface area contributed by atoms with Gasteiger partial charge in [-0.25, -0.2) is 9.97 Å². The quantitative estimate of drug-likeness (QED) is 0.106. The highest BCUT2D eigenvalue weighted by molar-refractivity contribution is 7.12. The second-order valence-corrected chi connectivity index (χ2v) is 26.2. The SMILES string of the molecule is C.CC(C)(O)c1ccc2c(c1)CC(C1=NCc3ccsc31)=C2.Cc1ccc2c(c1)CC(C1=NCc3ccc(NC4CCCC4)cc31)=C2.O=c1[nH]c2cc3nc(-c4ccc(-c5ccccc5)cc4)n(CCCN4CCCCC4)c3cc2nc1Cc1ccccc1. The van der Waals surface area contributed by atoms with Gasteiger partial charge in [0, 0.05) is 48.7 Å². The van der Waals surface area contributed by atoms with Gasteiger partial charge in [-0.15, -0.1) is 11.3 Å². The Labute approximate surface area is 527 Å². The van der Waals surface area contributed by atoms with Gasteiger partial charge in [0.15, 0.2) is 0 Å². The fourth-order valence-corrected chi connectivity index (χ4v) is 14.6. The van der Waals surface area contributed by atoms with Gasteiger partial charge in [0.2, 0.25) is 0 Å². The molecule has 450 valence electrons. The zero-order chi connectivity index (χ0) is 59.7. The van der Waals surface area contributed by atoms with Crippen LogP contribution in [-0.4, -0.2) is 66.6 Å². The van der Waals surface area contributed by atoms with Crippen LogP contribution in [-0.2, 0) is 44.5 Å². The van der Waals surface area contributed by atoms with Crippen LogP contribution in [0.5, 0.6) is 0 Å². The Hall–Kier alpha value is -8.61. The second kappa shape index (κ2) is 25.8. The van der Waals surface area contributed by atoms with Crippen LogP contribution in [0.15, 0.2) is 189 Å². The van der Waals surface area contributed by atoms with E-state index in [4.69, 9.17) is 20.0 Å². The first-order chi connectivity index (χ1) is 43.0. The number of likely N-dealkylation sites (tertiary alicyclic amines) is 1. The number of imidazole rings is 1. The molecule has 1 saturated heterocycles. The first-order valence-corrected chi connectivity index (χ1v) is 32.7. The van der Waals surface area contributed by atoms with E-state index in [0.29, 0.717) is 23.7 Å². The molecule has 1 saturated carbocycles. The van der Waals surface area contributed by atoms with E-state index in [9.17, 15) is 9.90 Å². The number of nitrogens with zero attached hydrogens (tertiary/aromatic N) is 6. The summed E-state index contributed by atoms with van der Waals surface area (Å²) in [6.45, 7) is 11.8. The number of fused-ring (bicyclic) bond motifs is 6. The summed E-state index contributed by atoms with van der Waals surface area (Å²) in [5.74, 6) is 0.949. The third-order valence-electron chi connectivity index (χ3n) is 18.4. The van der Waals surface area contributed by atoms with Crippen molar-refractivity contribution in [3.8, 4) is 22.5 Å². The van der Waals surface area contributed by atoms with Gasteiger partial charge in [-0.1, -0.05) is 160 Å². The number of thiophene rings is 1. The summed E-state index contributed by atoms with van der Waals surface area (Å²) < 4.78 is 2.35. The zero-order valence-electron chi connectivity index (χ0n) is 50.8. The fourth-order valence-electron chi connectivity index (χ4n) is 13.7. The molecule has 3 aliphatic heterocycles. The highest BCUT2D eigenvalue weighted by Crippen LogP contribution is 2.38. The highest BCUT2D eigenvalue weighted by atomic mass is 32.1. The van der Waals surface area contributed by atoms with E-state index < -0.39 is 5.60 Å². The number of hydrogen-bond donors (Lipinski definition) is 3. The normalized spacial score (nSPS) is 15.8. The van der Waals surface area contributed by atoms with Gasteiger partial charge < -0.3 is 24.9 Å². The van der Waals surface area contributed by atoms with Crippen LogP contribution in [0.3, 0.4) is 0 Å². The number of nitrogens with one attached hydrogen (secondary N) is 2. The molecule has 6 heterocycles. The highest BCUT2D eigenvalue weighted by Gasteiger charge is 2.28. The topological polar surface area (TPSA) is 124 Å². The molecule has 89 heavy (non-hydrogen) atoms. The lowest BCUT2D eigenvalue weighted by Crippen LogP contribution is -2.31. The molecule has 10 nitrogen and oxygen atoms in total. The van der Waals surface area contributed by atoms with Gasteiger partial charge in [0.1, 0.15) is 11.5 Å². The standard InChI is InChI=1S/C36H35N5O.C23H24N2.C18H17NOS.CH4/c42-36-33(23-26-11-4-1-5-12-26)37-31-25-34-32(24-30(31)39-36)38-35(41(34)22-10-21-40-19-8-3-9-20-40)29-17-15-28(16-18-29)27-13-6-2-7-14-27;1-15-6-7-16-11-19(12-18(16)10-15)23-22-13-21(9-8-17(22)14-24-23)25-20-4-2-3-5-20;1-18(2,20)15-4-3-11-7-14(8-13(11)9-15)16-17-12(10-19-16)5-6-21-17;/h1-2,4-7,11-18,24-25H,3,8-10,19-23H2,(H,39,42);6-11,13,20,25H,2-5,12,14H2,1H3;3-7,9,20H,8,10H2,1-2H3;1H4. The van der Waals surface area contributed by atoms with Gasteiger partial charge in [-0.2, -0.15) is 0 Å². The number of hydrogen-bond acceptors (Lipinski definition) is 9. The van der Waals surface area contributed by atoms with Crippen molar-refractivity contribution in [2.24, 2.45) is 9.98 Å². The summed E-state index contributed by atoms with van der Waals surface area (Å²) in [6.07, 6.45) is 17.3. The number of anilines is 1. The van der Waals surface area contributed by atoms with Gasteiger partial charge >= 0.3 is 0 Å². The molecule has 0 bridgehead atoms. The minimum Gasteiger partial charge on any atom is -0.386 e. The summed E-state index contributed by atoms with van der Waals surface area (Å²) in [5.41, 5.74) is 25.6. The van der Waals surface area contributed by atoms with Crippen molar-refractivity contribution in [3.05, 3.63) is 251 Å². The molecule has 0 atom stereocenters. The number of H-pyrrole nitrogens is 1. The first kappa shape index (κ1) is 59.4. The Morgan fingerprint density at radius 3 is 2.10 bits per heavy atom. The summed E-state index contributed by atoms with van der Waals surface area (Å²) >= 11 is 1.78. The van der Waals surface area contributed by atoms with Crippen LogP contribution in [0, 0.1) is 6.92 Å². The average Bonchev–Trinajstić information content (AvgIpc) is 2.12. The molecule has 6 aliphatic rings. The number of aliphatic imine (C=N–C) groups is 2. The summed E-state index contributed by atoms with van der Waals surface area (Å²) in [7, 11) is 0. The van der Waals surface area contributed by atoms with Crippen LogP contribution in [0.2, 0.25) is 0 Å². The summed E-state index contributed by atoms with van der Waals surface area (Å²) in [6, 6.07) is 55.9. The number of piperidine rings is 1. The molecular formula is C78H80N8O2S. The van der Waals surface area contributed by atoms with E-state index in [1.807, 2.05) is 62.4 Å². The van der Waals surface area contributed by atoms with Crippen LogP contribution < -0.4 is 10.9 Å². The van der Waals surface area contributed by atoms with Crippen molar-refractivity contribution in [3.63, 3.8) is 0 Å². The zero-order valence-corrected chi connectivity index (χ0v) is 51.6. The van der Waals surface area contributed by atoms with Crippen molar-refractivity contribution < 1.29 is 5.11 Å². The number of aromatic nitrogens is 4. The monoisotopic (exact) mass is 1190 g/mol. The van der Waals surface area contributed by atoms with Crippen LogP contribution >= 0.6 is 11.3 Å². The maximum atomic E-state index is 13.0. The van der Waals surface area contributed by atoms with Gasteiger partial charge in [0.25, 0.3) is 5.56 Å². The van der Waals surface area contributed by atoms with Crippen molar-refractivity contribution in [1.29, 1.82) is 0 Å². The van der Waals surface area contributed by atoms with Crippen molar-refractivity contribution in [2.45, 2.75) is 130 Å². The first-order valence-electron chi connectivity index (χ1n) is 31.8. The van der Waals surface area contributed by atoms with Gasteiger partial charge in [-0.05, 0) is 187 Å². The maximum absolute atomic E-state index is 13.0. The van der Waals surface area contributed by atoms with E-state index in [2.05, 4.69) is 153 Å². The Kier molecular flexibility index (Phi) is 17.2. The molecule has 0 amide bonds. The lowest BCUT2D eigenvalue weighted by molar-refractivity contribution is 0.0785. The smallest absolute Gasteiger partial charge is 0.270 e. The molecule has 7 aromatic carbocycles. The maximum Gasteiger partial charge on any atom is 0.270 e. The Bertz CT molecular complexity index is 4410. The minimum atomic E-state index is -0.788. The average molecular weight is 1190 g/mol. The van der Waals surface area contributed by atoms with Crippen LogP contribution in [0.25, 0.3) is 56.7 Å². The molecule has 2 fully saturated rings. The molecule has 11 heteroatoms. The largest absolute Gasteiger partial charge is 0.386 e. The van der Waals surface area contributed by atoms with Gasteiger partial charge in [0.05, 0.1) is 57.1 Å². The number of benzene rings is 7. The Morgan fingerprint density at radius 1 is 0.652 bits per heavy atom. The minimum absolute atomic E-state index is 0. The van der Waals surface area contributed by atoms with E-state index in [1.54, 1.807) is 11.3 Å². The molecule has 0 spiro atoms. The van der Waals surface area contributed by atoms with Gasteiger partial charge in [-0.3, -0.25) is 14.8 Å². The number of rotatable bonds is 13. The van der Waals surface area contributed by atoms with E-state index in [-0.39, 0.29) is 13.0 Å². The van der Waals surface area contributed by atoms with E-state index in [1.165, 1.54) is 147 Å². The molecule has 3 aromatic heterocycles. The Balaban J connectivity index is 0.000000132. The van der Waals surface area contributed by atoms with Crippen LogP contribution in [0.1, 0.15) is 139 Å². The number of aliphatic hydroxyl groups is 1. The fraction of sp³-hybridized carbons (Fsp3) is 0.295. The summed E-state index contributed by atoms with van der Waals surface area (Å²) in [5, 5.41) is 16.0. The predicted molar refractivity (Wildman–Crippen MR) is 371 cm³/mol. The lowest BCUT2D eigenvalue weighted by Gasteiger charge is -2.26. The van der Waals surface area contributed by atoms with Crippen molar-refractivity contribution >= 4 is 62.7 Å². The van der Waals surface area contributed by atoms with E-state index >= 15 is 0 Å². The molecule has 3 aliphatic carbocycles. The van der Waals surface area contributed by atoms with Crippen LogP contribution in [0.4, 0.5) is 5.69 Å². The van der Waals surface area contributed by atoms with Crippen molar-refractivity contribution in [1.82, 2.24) is 24.4 Å². The molecule has 10 aromatic rings. The number of allylic oxidation sites excluding steroid dienone is 2. The van der Waals surface area contributed by atoms with Crippen molar-refractivity contribution in [2.75, 3.05) is 25.0 Å². The summed E-state index contributed by atoms with van der Waals surface area (Å²) in [4.78, 5) is 39.5. The molecule has 16 rings (SSSR count). The third-order valence-corrected chi connectivity index (χ3v) is 19.4. The lowest BCUT2D eigenvalue weighted by atomic mass is 9.94.